The van der Waals surface area contributed by atoms with Crippen LogP contribution in [-0.2, 0) is 6.54 Å². The van der Waals surface area contributed by atoms with Gasteiger partial charge in [0.25, 0.3) is 0 Å². The molecule has 0 atom stereocenters. The van der Waals surface area contributed by atoms with Crippen molar-refractivity contribution in [2.45, 2.75) is 6.54 Å². The Morgan fingerprint density at radius 1 is 1.41 bits per heavy atom. The van der Waals surface area contributed by atoms with E-state index in [9.17, 15) is 4.39 Å². The number of rotatable bonds is 3. The van der Waals surface area contributed by atoms with Crippen molar-refractivity contribution in [3.05, 3.63) is 45.9 Å². The Morgan fingerprint density at radius 2 is 2.24 bits per heavy atom. The molecule has 0 aliphatic carbocycles. The summed E-state index contributed by atoms with van der Waals surface area (Å²) in [5.74, 6) is -0.431. The Labute approximate surface area is 102 Å². The van der Waals surface area contributed by atoms with E-state index in [1.165, 1.54) is 17.4 Å². The van der Waals surface area contributed by atoms with Crippen molar-refractivity contribution in [2.75, 3.05) is 11.1 Å². The molecule has 2 rings (SSSR count). The molecule has 3 nitrogen and oxygen atoms in total. The van der Waals surface area contributed by atoms with E-state index in [0.29, 0.717) is 23.5 Å². The monoisotopic (exact) mass is 247 g/mol. The standard InChI is InChI=1S/C12H10FN3S/c13-9-5-8(6-14)1-2-11(9)16-7-12-10(15)3-4-17-12/h1-5,16H,7,15H2. The molecule has 0 saturated heterocycles. The van der Waals surface area contributed by atoms with Crippen molar-refractivity contribution in [1.82, 2.24) is 0 Å². The maximum Gasteiger partial charge on any atom is 0.147 e. The maximum absolute atomic E-state index is 13.5. The van der Waals surface area contributed by atoms with Crippen LogP contribution >= 0.6 is 11.3 Å². The summed E-state index contributed by atoms with van der Waals surface area (Å²) in [7, 11) is 0. The first-order chi connectivity index (χ1) is 8.20. The summed E-state index contributed by atoms with van der Waals surface area (Å²) in [6.07, 6.45) is 0. The van der Waals surface area contributed by atoms with Crippen LogP contribution in [0.4, 0.5) is 15.8 Å². The molecule has 0 aliphatic heterocycles. The molecule has 2 aromatic rings. The van der Waals surface area contributed by atoms with E-state index in [1.54, 1.807) is 12.1 Å². The number of hydrogen-bond donors (Lipinski definition) is 2. The summed E-state index contributed by atoms with van der Waals surface area (Å²) in [4.78, 5) is 0.966. The molecule has 0 fully saturated rings. The quantitative estimate of drug-likeness (QED) is 0.876. The van der Waals surface area contributed by atoms with Crippen LogP contribution in [0, 0.1) is 17.1 Å². The fourth-order valence-electron chi connectivity index (χ4n) is 1.40. The average Bonchev–Trinajstić information content (AvgIpc) is 2.73. The van der Waals surface area contributed by atoms with E-state index < -0.39 is 5.82 Å². The van der Waals surface area contributed by atoms with Crippen LogP contribution in [-0.4, -0.2) is 0 Å². The Bertz CT molecular complexity index is 571. The number of nitrogens with one attached hydrogen (secondary N) is 1. The summed E-state index contributed by atoms with van der Waals surface area (Å²) in [6.45, 7) is 0.478. The van der Waals surface area contributed by atoms with Gasteiger partial charge >= 0.3 is 0 Å². The summed E-state index contributed by atoms with van der Waals surface area (Å²) in [6, 6.07) is 8.04. The van der Waals surface area contributed by atoms with Gasteiger partial charge in [-0.3, -0.25) is 0 Å². The number of thiophene rings is 1. The predicted octanol–water partition coefficient (Wildman–Crippen LogP) is 2.95. The van der Waals surface area contributed by atoms with E-state index in [2.05, 4.69) is 5.32 Å². The van der Waals surface area contributed by atoms with Gasteiger partial charge in [0.15, 0.2) is 0 Å². The van der Waals surface area contributed by atoms with Gasteiger partial charge in [0.1, 0.15) is 5.82 Å². The van der Waals surface area contributed by atoms with E-state index in [4.69, 9.17) is 11.0 Å². The number of hydrogen-bond acceptors (Lipinski definition) is 4. The van der Waals surface area contributed by atoms with Crippen LogP contribution < -0.4 is 11.1 Å². The lowest BCUT2D eigenvalue weighted by Crippen LogP contribution is -2.02. The fourth-order valence-corrected chi connectivity index (χ4v) is 2.14. The van der Waals surface area contributed by atoms with Gasteiger partial charge in [-0.1, -0.05) is 0 Å². The highest BCUT2D eigenvalue weighted by Crippen LogP contribution is 2.22. The second kappa shape index (κ2) is 4.85. The van der Waals surface area contributed by atoms with Crippen molar-refractivity contribution >= 4 is 22.7 Å². The van der Waals surface area contributed by atoms with E-state index in [-0.39, 0.29) is 0 Å². The second-order valence-electron chi connectivity index (χ2n) is 3.46. The van der Waals surface area contributed by atoms with E-state index >= 15 is 0 Å². The highest BCUT2D eigenvalue weighted by Gasteiger charge is 2.05. The molecular formula is C12H10FN3S. The fraction of sp³-hybridized carbons (Fsp3) is 0.0833. The van der Waals surface area contributed by atoms with Gasteiger partial charge < -0.3 is 11.1 Å². The molecule has 0 aliphatic rings. The first-order valence-electron chi connectivity index (χ1n) is 4.96. The highest BCUT2D eigenvalue weighted by molar-refractivity contribution is 7.10. The first kappa shape index (κ1) is 11.4. The van der Waals surface area contributed by atoms with Gasteiger partial charge in [-0.15, -0.1) is 11.3 Å². The zero-order valence-electron chi connectivity index (χ0n) is 8.90. The molecular weight excluding hydrogens is 237 g/mol. The minimum Gasteiger partial charge on any atom is -0.398 e. The molecule has 1 heterocycles. The van der Waals surface area contributed by atoms with Crippen molar-refractivity contribution in [1.29, 1.82) is 5.26 Å². The van der Waals surface area contributed by atoms with Crippen LogP contribution in [0.1, 0.15) is 10.4 Å². The zero-order chi connectivity index (χ0) is 12.3. The molecule has 1 aromatic heterocycles. The van der Waals surface area contributed by atoms with Gasteiger partial charge in [0, 0.05) is 10.6 Å². The summed E-state index contributed by atoms with van der Waals surface area (Å²) in [5.41, 5.74) is 7.11. The highest BCUT2D eigenvalue weighted by atomic mass is 32.1. The van der Waals surface area contributed by atoms with E-state index in [1.807, 2.05) is 17.5 Å². The Balaban J connectivity index is 2.10. The maximum atomic E-state index is 13.5. The largest absolute Gasteiger partial charge is 0.398 e. The lowest BCUT2D eigenvalue weighted by molar-refractivity contribution is 0.629. The average molecular weight is 247 g/mol. The molecule has 17 heavy (non-hydrogen) atoms. The van der Waals surface area contributed by atoms with Crippen LogP contribution in [0.2, 0.25) is 0 Å². The molecule has 1 aromatic carbocycles. The zero-order valence-corrected chi connectivity index (χ0v) is 9.72. The molecule has 86 valence electrons. The second-order valence-corrected chi connectivity index (χ2v) is 4.46. The molecule has 0 saturated carbocycles. The minimum absolute atomic E-state index is 0.309. The van der Waals surface area contributed by atoms with Gasteiger partial charge in [-0.2, -0.15) is 5.26 Å². The first-order valence-corrected chi connectivity index (χ1v) is 5.84. The lowest BCUT2D eigenvalue weighted by atomic mass is 10.2. The topological polar surface area (TPSA) is 61.8 Å². The third-order valence-electron chi connectivity index (χ3n) is 2.32. The SMILES string of the molecule is N#Cc1ccc(NCc2sccc2N)c(F)c1. The van der Waals surface area contributed by atoms with E-state index in [0.717, 1.165) is 4.88 Å². The Kier molecular flexibility index (Phi) is 3.26. The number of anilines is 2. The molecule has 3 N–H and O–H groups in total. The summed E-state index contributed by atoms with van der Waals surface area (Å²) in [5, 5.41) is 13.5. The normalized spacial score (nSPS) is 9.88. The van der Waals surface area contributed by atoms with Crippen LogP contribution in [0.5, 0.6) is 0 Å². The minimum atomic E-state index is -0.431. The molecule has 0 amide bonds. The summed E-state index contributed by atoms with van der Waals surface area (Å²) < 4.78 is 13.5. The number of nitriles is 1. The van der Waals surface area contributed by atoms with Gasteiger partial charge in [0.2, 0.25) is 0 Å². The number of halogens is 1. The number of nitrogen functional groups attached to an aromatic ring is 1. The molecule has 0 bridgehead atoms. The smallest absolute Gasteiger partial charge is 0.147 e. The Hall–Kier alpha value is -2.06. The third kappa shape index (κ3) is 2.55. The molecule has 0 unspecified atom stereocenters. The van der Waals surface area contributed by atoms with Crippen LogP contribution in [0.25, 0.3) is 0 Å². The third-order valence-corrected chi connectivity index (χ3v) is 3.25. The summed E-state index contributed by atoms with van der Waals surface area (Å²) >= 11 is 1.52. The van der Waals surface area contributed by atoms with Crippen LogP contribution in [0.15, 0.2) is 29.6 Å². The van der Waals surface area contributed by atoms with Gasteiger partial charge in [-0.25, -0.2) is 4.39 Å². The van der Waals surface area contributed by atoms with Crippen LogP contribution in [0.3, 0.4) is 0 Å². The molecule has 0 spiro atoms. The Morgan fingerprint density at radius 3 is 2.82 bits per heavy atom. The molecule has 0 radical (unpaired) electrons. The number of benzene rings is 1. The van der Waals surface area contributed by atoms with Crippen molar-refractivity contribution < 1.29 is 4.39 Å². The predicted molar refractivity (Wildman–Crippen MR) is 67.2 cm³/mol. The van der Waals surface area contributed by atoms with Gasteiger partial charge in [0.05, 0.1) is 23.9 Å². The van der Waals surface area contributed by atoms with Gasteiger partial charge in [-0.05, 0) is 29.6 Å². The van der Waals surface area contributed by atoms with Crippen molar-refractivity contribution in [3.8, 4) is 6.07 Å². The molecule has 5 heteroatoms. The lowest BCUT2D eigenvalue weighted by Gasteiger charge is -2.07. The number of nitrogens with zero attached hydrogens (tertiary/aromatic N) is 1. The van der Waals surface area contributed by atoms with Crippen molar-refractivity contribution in [2.24, 2.45) is 0 Å². The number of nitrogens with two attached hydrogens (primary N) is 1. The van der Waals surface area contributed by atoms with Crippen molar-refractivity contribution in [3.63, 3.8) is 0 Å².